The smallest absolute Gasteiger partial charge is 0.291 e. The van der Waals surface area contributed by atoms with Gasteiger partial charge in [-0.1, -0.05) is 6.58 Å². The monoisotopic (exact) mass is 236 g/mol. The average molecular weight is 236 g/mol. The number of rotatable bonds is 2. The molecule has 0 aliphatic carbocycles. The van der Waals surface area contributed by atoms with E-state index >= 15 is 0 Å². The molecular formula is C13H16O4. The summed E-state index contributed by atoms with van der Waals surface area (Å²) in [6.07, 6.45) is 0.473. The molecule has 0 saturated carbocycles. The van der Waals surface area contributed by atoms with Crippen LogP contribution in [0, 0.1) is 13.8 Å². The van der Waals surface area contributed by atoms with Crippen LogP contribution in [0.2, 0.25) is 0 Å². The van der Waals surface area contributed by atoms with Crippen LogP contribution in [0.4, 0.5) is 0 Å². The van der Waals surface area contributed by atoms with Gasteiger partial charge in [0.15, 0.2) is 5.43 Å². The molecule has 17 heavy (non-hydrogen) atoms. The first kappa shape index (κ1) is 11.9. The van der Waals surface area contributed by atoms with Crippen LogP contribution in [0.3, 0.4) is 0 Å². The Labute approximate surface area is 99.8 Å². The summed E-state index contributed by atoms with van der Waals surface area (Å²) < 4.78 is 16.2. The molecule has 1 atom stereocenters. The maximum atomic E-state index is 12.0. The minimum Gasteiger partial charge on any atom is -0.468 e. The summed E-state index contributed by atoms with van der Waals surface area (Å²) in [7, 11) is 1.48. The van der Waals surface area contributed by atoms with Gasteiger partial charge in [0.2, 0.25) is 0 Å². The van der Waals surface area contributed by atoms with Gasteiger partial charge < -0.3 is 13.9 Å². The molecule has 2 heterocycles. The van der Waals surface area contributed by atoms with Gasteiger partial charge in [0.1, 0.15) is 11.9 Å². The van der Waals surface area contributed by atoms with Crippen LogP contribution < -0.4 is 10.2 Å². The van der Waals surface area contributed by atoms with Gasteiger partial charge >= 0.3 is 0 Å². The molecule has 4 nitrogen and oxygen atoms in total. The van der Waals surface area contributed by atoms with E-state index in [4.69, 9.17) is 13.9 Å². The number of methoxy groups -OCH3 is 1. The van der Waals surface area contributed by atoms with E-state index in [1.54, 1.807) is 13.8 Å². The Balaban J connectivity index is 2.51. The molecule has 0 amide bonds. The highest BCUT2D eigenvalue weighted by molar-refractivity contribution is 5.31. The number of hydrogen-bond donors (Lipinski definition) is 0. The maximum Gasteiger partial charge on any atom is 0.291 e. The molecule has 4 heteroatoms. The highest BCUT2D eigenvalue weighted by Gasteiger charge is 2.27. The molecule has 0 unspecified atom stereocenters. The number of hydrogen-bond acceptors (Lipinski definition) is 4. The molecule has 1 aliphatic rings. The van der Waals surface area contributed by atoms with Crippen LogP contribution in [0.15, 0.2) is 21.4 Å². The van der Waals surface area contributed by atoms with E-state index in [1.165, 1.54) is 7.11 Å². The fourth-order valence-electron chi connectivity index (χ4n) is 2.01. The van der Waals surface area contributed by atoms with Crippen LogP contribution in [0.1, 0.15) is 29.4 Å². The lowest BCUT2D eigenvalue weighted by Crippen LogP contribution is -2.15. The summed E-state index contributed by atoms with van der Waals surface area (Å²) in [5.74, 6) is 0.813. The lowest BCUT2D eigenvalue weighted by atomic mass is 10.1. The Morgan fingerprint density at radius 2 is 2.06 bits per heavy atom. The zero-order chi connectivity index (χ0) is 12.6. The van der Waals surface area contributed by atoms with Crippen molar-refractivity contribution in [2.75, 3.05) is 13.7 Å². The van der Waals surface area contributed by atoms with E-state index in [1.807, 2.05) is 0 Å². The predicted molar refractivity (Wildman–Crippen MR) is 63.5 cm³/mol. The van der Waals surface area contributed by atoms with Crippen molar-refractivity contribution in [3.8, 4) is 5.95 Å². The standard InChI is InChI=1S/C13H16O4/c1-7-5-10(16-6-7)12-8(2)11(14)9(3)13(15-4)17-12/h10H,1,5-6H2,2-4H3/t10-/m0/s1. The second-order valence-corrected chi connectivity index (χ2v) is 4.29. The SMILES string of the molecule is C=C1CO[C@H](c2oc(OC)c(C)c(=O)c2C)C1. The van der Waals surface area contributed by atoms with Crippen LogP contribution in [-0.2, 0) is 4.74 Å². The molecule has 0 aromatic carbocycles. The Bertz CT molecular complexity index is 513. The van der Waals surface area contributed by atoms with Gasteiger partial charge in [-0.05, 0) is 19.4 Å². The van der Waals surface area contributed by atoms with Gasteiger partial charge in [-0.3, -0.25) is 4.79 Å². The van der Waals surface area contributed by atoms with Crippen LogP contribution >= 0.6 is 0 Å². The Kier molecular flexibility index (Phi) is 3.07. The lowest BCUT2D eigenvalue weighted by molar-refractivity contribution is 0.0880. The van der Waals surface area contributed by atoms with Gasteiger partial charge in [0.25, 0.3) is 5.95 Å². The average Bonchev–Trinajstić information content (AvgIpc) is 2.73. The first-order chi connectivity index (χ1) is 8.04. The summed E-state index contributed by atoms with van der Waals surface area (Å²) in [6.45, 7) is 7.82. The molecule has 1 fully saturated rings. The van der Waals surface area contributed by atoms with Crippen molar-refractivity contribution in [1.29, 1.82) is 0 Å². The van der Waals surface area contributed by atoms with E-state index in [0.717, 1.165) is 5.57 Å². The zero-order valence-electron chi connectivity index (χ0n) is 10.3. The molecule has 0 radical (unpaired) electrons. The van der Waals surface area contributed by atoms with Crippen molar-refractivity contribution >= 4 is 0 Å². The molecule has 0 spiro atoms. The van der Waals surface area contributed by atoms with Crippen LogP contribution in [0.25, 0.3) is 0 Å². The molecule has 1 aromatic heterocycles. The molecule has 0 N–H and O–H groups in total. The maximum absolute atomic E-state index is 12.0. The summed E-state index contributed by atoms with van der Waals surface area (Å²) in [5.41, 5.74) is 2.04. The lowest BCUT2D eigenvalue weighted by Gasteiger charge is -2.13. The molecule has 1 saturated heterocycles. The summed E-state index contributed by atoms with van der Waals surface area (Å²) in [4.78, 5) is 12.0. The Hall–Kier alpha value is -1.55. The van der Waals surface area contributed by atoms with E-state index < -0.39 is 0 Å². The van der Waals surface area contributed by atoms with E-state index in [-0.39, 0.29) is 17.5 Å². The molecule has 2 rings (SSSR count). The fraction of sp³-hybridized carbons (Fsp3) is 0.462. The second-order valence-electron chi connectivity index (χ2n) is 4.29. The highest BCUT2D eigenvalue weighted by atomic mass is 16.6. The minimum atomic E-state index is -0.218. The quantitative estimate of drug-likeness (QED) is 0.739. The van der Waals surface area contributed by atoms with Gasteiger partial charge in [0.05, 0.1) is 19.3 Å². The van der Waals surface area contributed by atoms with Gasteiger partial charge in [-0.25, -0.2) is 0 Å². The molecule has 0 bridgehead atoms. The van der Waals surface area contributed by atoms with Gasteiger partial charge in [0, 0.05) is 12.0 Å². The largest absolute Gasteiger partial charge is 0.468 e. The topological polar surface area (TPSA) is 48.7 Å². The molecule has 1 aliphatic heterocycles. The summed E-state index contributed by atoms with van der Waals surface area (Å²) in [5, 5.41) is 0. The summed E-state index contributed by atoms with van der Waals surface area (Å²) >= 11 is 0. The van der Waals surface area contributed by atoms with Crippen LogP contribution in [-0.4, -0.2) is 13.7 Å². The third kappa shape index (κ3) is 2.00. The molecule has 92 valence electrons. The van der Waals surface area contributed by atoms with Gasteiger partial charge in [-0.2, -0.15) is 0 Å². The zero-order valence-corrected chi connectivity index (χ0v) is 10.3. The number of ether oxygens (including phenoxy) is 2. The third-order valence-electron chi connectivity index (χ3n) is 3.00. The molecular weight excluding hydrogens is 220 g/mol. The van der Waals surface area contributed by atoms with E-state index in [0.29, 0.717) is 29.9 Å². The Morgan fingerprint density at radius 3 is 2.59 bits per heavy atom. The van der Waals surface area contributed by atoms with Gasteiger partial charge in [-0.15, -0.1) is 0 Å². The van der Waals surface area contributed by atoms with Crippen molar-refractivity contribution in [2.24, 2.45) is 0 Å². The first-order valence-electron chi connectivity index (χ1n) is 5.51. The summed E-state index contributed by atoms with van der Waals surface area (Å²) in [6, 6.07) is 0. The van der Waals surface area contributed by atoms with Crippen molar-refractivity contribution in [3.63, 3.8) is 0 Å². The normalized spacial score (nSPS) is 19.7. The van der Waals surface area contributed by atoms with Crippen LogP contribution in [0.5, 0.6) is 5.95 Å². The van der Waals surface area contributed by atoms with Crippen molar-refractivity contribution < 1.29 is 13.9 Å². The van der Waals surface area contributed by atoms with Crippen molar-refractivity contribution in [2.45, 2.75) is 26.4 Å². The Morgan fingerprint density at radius 1 is 1.35 bits per heavy atom. The minimum absolute atomic E-state index is 0.0517. The molecule has 1 aromatic rings. The second kappa shape index (κ2) is 4.37. The van der Waals surface area contributed by atoms with Crippen molar-refractivity contribution in [3.05, 3.63) is 39.3 Å². The third-order valence-corrected chi connectivity index (χ3v) is 3.00. The van der Waals surface area contributed by atoms with E-state index in [2.05, 4.69) is 6.58 Å². The first-order valence-corrected chi connectivity index (χ1v) is 5.51. The van der Waals surface area contributed by atoms with Crippen molar-refractivity contribution in [1.82, 2.24) is 0 Å². The fourth-order valence-corrected chi connectivity index (χ4v) is 2.01. The highest BCUT2D eigenvalue weighted by Crippen LogP contribution is 2.34. The predicted octanol–water partition coefficient (Wildman–Crippen LogP) is 2.28. The van der Waals surface area contributed by atoms with E-state index in [9.17, 15) is 4.79 Å².